The summed E-state index contributed by atoms with van der Waals surface area (Å²) >= 11 is 0. The maximum Gasteiger partial charge on any atom is 0.118 e. The summed E-state index contributed by atoms with van der Waals surface area (Å²) in [5.74, 6) is 0.900. The molecule has 16 heavy (non-hydrogen) atoms. The molecule has 0 bridgehead atoms. The van der Waals surface area contributed by atoms with Crippen molar-refractivity contribution < 1.29 is 9.84 Å². The number of ether oxygens (including phenoxy) is 1. The molecule has 3 nitrogen and oxygen atoms in total. The fraction of sp³-hybridized carbons (Fsp3) is 0.538. The highest BCUT2D eigenvalue weighted by molar-refractivity contribution is 5.27. The van der Waals surface area contributed by atoms with Crippen LogP contribution in [0.5, 0.6) is 5.75 Å². The molecule has 0 saturated carbocycles. The van der Waals surface area contributed by atoms with E-state index in [-0.39, 0.29) is 6.61 Å². The first-order chi connectivity index (χ1) is 7.76. The van der Waals surface area contributed by atoms with Crippen molar-refractivity contribution in [2.45, 2.75) is 12.8 Å². The molecule has 0 aliphatic rings. The van der Waals surface area contributed by atoms with E-state index in [0.29, 0.717) is 0 Å². The Morgan fingerprint density at radius 2 is 1.88 bits per heavy atom. The minimum absolute atomic E-state index is 0.271. The van der Waals surface area contributed by atoms with Crippen LogP contribution >= 0.6 is 0 Å². The predicted octanol–water partition coefficient (Wildman–Crippen LogP) is 1.55. The Bertz CT molecular complexity index is 284. The van der Waals surface area contributed by atoms with E-state index >= 15 is 0 Å². The Labute approximate surface area is 97.7 Å². The van der Waals surface area contributed by atoms with Crippen molar-refractivity contribution in [1.82, 2.24) is 4.90 Å². The maximum absolute atomic E-state index is 8.72. The quantitative estimate of drug-likeness (QED) is 0.761. The number of aliphatic hydroxyl groups is 1. The normalized spacial score (nSPS) is 10.8. The summed E-state index contributed by atoms with van der Waals surface area (Å²) in [5.41, 5.74) is 1.32. The van der Waals surface area contributed by atoms with Crippen LogP contribution < -0.4 is 4.74 Å². The molecule has 0 spiro atoms. The Morgan fingerprint density at radius 1 is 1.19 bits per heavy atom. The van der Waals surface area contributed by atoms with Crippen LogP contribution in [0.4, 0.5) is 0 Å². The summed E-state index contributed by atoms with van der Waals surface area (Å²) in [6.45, 7) is 2.24. The first-order valence-corrected chi connectivity index (χ1v) is 5.68. The highest BCUT2D eigenvalue weighted by Gasteiger charge is 1.99. The number of hydrogen-bond acceptors (Lipinski definition) is 3. The zero-order valence-electron chi connectivity index (χ0n) is 10.1. The molecule has 1 aromatic carbocycles. The van der Waals surface area contributed by atoms with Crippen molar-refractivity contribution in [1.29, 1.82) is 0 Å². The van der Waals surface area contributed by atoms with E-state index in [1.54, 1.807) is 7.11 Å². The molecule has 3 heteroatoms. The van der Waals surface area contributed by atoms with Crippen LogP contribution in [0.2, 0.25) is 0 Å². The van der Waals surface area contributed by atoms with Gasteiger partial charge in [0.2, 0.25) is 0 Å². The second kappa shape index (κ2) is 7.25. The van der Waals surface area contributed by atoms with Crippen LogP contribution in [0.1, 0.15) is 12.0 Å². The Balaban J connectivity index is 2.30. The van der Waals surface area contributed by atoms with Gasteiger partial charge in [-0.05, 0) is 37.6 Å². The van der Waals surface area contributed by atoms with Gasteiger partial charge >= 0.3 is 0 Å². The third-order valence-electron chi connectivity index (χ3n) is 2.64. The van der Waals surface area contributed by atoms with Crippen molar-refractivity contribution in [2.75, 3.05) is 33.9 Å². The fourth-order valence-electron chi connectivity index (χ4n) is 1.56. The molecule has 0 aliphatic carbocycles. The van der Waals surface area contributed by atoms with E-state index in [1.807, 2.05) is 12.1 Å². The van der Waals surface area contributed by atoms with Crippen LogP contribution in [0, 0.1) is 0 Å². The van der Waals surface area contributed by atoms with Crippen molar-refractivity contribution in [3.05, 3.63) is 29.8 Å². The molecular formula is C13H21NO2. The topological polar surface area (TPSA) is 32.7 Å². The number of aliphatic hydroxyl groups excluding tert-OH is 1. The van der Waals surface area contributed by atoms with Gasteiger partial charge in [-0.2, -0.15) is 0 Å². The molecule has 0 amide bonds. The van der Waals surface area contributed by atoms with Crippen LogP contribution in [-0.2, 0) is 6.42 Å². The van der Waals surface area contributed by atoms with Crippen LogP contribution in [-0.4, -0.2) is 43.9 Å². The van der Waals surface area contributed by atoms with Gasteiger partial charge in [0.05, 0.1) is 7.11 Å². The number of benzene rings is 1. The van der Waals surface area contributed by atoms with Gasteiger partial charge in [0, 0.05) is 19.7 Å². The molecular weight excluding hydrogens is 202 g/mol. The van der Waals surface area contributed by atoms with Crippen LogP contribution in [0.3, 0.4) is 0 Å². The molecule has 0 saturated heterocycles. The largest absolute Gasteiger partial charge is 0.497 e. The van der Waals surface area contributed by atoms with Crippen molar-refractivity contribution in [2.24, 2.45) is 0 Å². The Morgan fingerprint density at radius 3 is 2.44 bits per heavy atom. The average Bonchev–Trinajstić information content (AvgIpc) is 2.34. The summed E-state index contributed by atoms with van der Waals surface area (Å²) in [4.78, 5) is 2.24. The molecule has 0 aromatic heterocycles. The highest BCUT2D eigenvalue weighted by atomic mass is 16.5. The molecule has 0 radical (unpaired) electrons. The van der Waals surface area contributed by atoms with E-state index in [0.717, 1.165) is 31.7 Å². The molecule has 90 valence electrons. The molecule has 0 fully saturated rings. The lowest BCUT2D eigenvalue weighted by molar-refractivity contribution is 0.248. The van der Waals surface area contributed by atoms with Gasteiger partial charge < -0.3 is 14.7 Å². The molecule has 0 aliphatic heterocycles. The molecule has 1 N–H and O–H groups in total. The summed E-state index contributed by atoms with van der Waals surface area (Å²) < 4.78 is 5.11. The third kappa shape index (κ3) is 4.64. The highest BCUT2D eigenvalue weighted by Crippen LogP contribution is 2.11. The SMILES string of the molecule is COc1ccc(CCN(C)CCCO)cc1. The minimum atomic E-state index is 0.271. The second-order valence-corrected chi connectivity index (χ2v) is 3.98. The lowest BCUT2D eigenvalue weighted by Gasteiger charge is -2.15. The van der Waals surface area contributed by atoms with Gasteiger partial charge in [-0.1, -0.05) is 12.1 Å². The fourth-order valence-corrected chi connectivity index (χ4v) is 1.56. The number of hydrogen-bond donors (Lipinski definition) is 1. The Kier molecular flexibility index (Phi) is 5.90. The summed E-state index contributed by atoms with van der Waals surface area (Å²) in [6, 6.07) is 8.17. The maximum atomic E-state index is 8.72. The average molecular weight is 223 g/mol. The van der Waals surface area contributed by atoms with Gasteiger partial charge in [0.15, 0.2) is 0 Å². The molecule has 0 atom stereocenters. The first-order valence-electron chi connectivity index (χ1n) is 5.68. The van der Waals surface area contributed by atoms with Crippen molar-refractivity contribution in [3.63, 3.8) is 0 Å². The zero-order chi connectivity index (χ0) is 11.8. The lowest BCUT2D eigenvalue weighted by Crippen LogP contribution is -2.23. The predicted molar refractivity (Wildman–Crippen MR) is 65.9 cm³/mol. The van der Waals surface area contributed by atoms with E-state index in [4.69, 9.17) is 9.84 Å². The van der Waals surface area contributed by atoms with Crippen LogP contribution in [0.15, 0.2) is 24.3 Å². The van der Waals surface area contributed by atoms with E-state index in [2.05, 4.69) is 24.1 Å². The number of likely N-dealkylation sites (N-methyl/N-ethyl adjacent to an activating group) is 1. The summed E-state index contributed by atoms with van der Waals surface area (Å²) in [6.07, 6.45) is 1.88. The molecule has 0 unspecified atom stereocenters. The Hall–Kier alpha value is -1.06. The summed E-state index contributed by atoms with van der Waals surface area (Å²) in [5, 5.41) is 8.72. The second-order valence-electron chi connectivity index (χ2n) is 3.98. The van der Waals surface area contributed by atoms with Crippen molar-refractivity contribution in [3.8, 4) is 5.75 Å². The first kappa shape index (κ1) is 13.0. The molecule has 1 aromatic rings. The zero-order valence-corrected chi connectivity index (χ0v) is 10.1. The number of nitrogens with zero attached hydrogens (tertiary/aromatic N) is 1. The lowest BCUT2D eigenvalue weighted by atomic mass is 10.1. The van der Waals surface area contributed by atoms with E-state index < -0.39 is 0 Å². The summed E-state index contributed by atoms with van der Waals surface area (Å²) in [7, 11) is 3.76. The van der Waals surface area contributed by atoms with Gasteiger partial charge in [0.25, 0.3) is 0 Å². The molecule has 1 rings (SSSR count). The third-order valence-corrected chi connectivity index (χ3v) is 2.64. The van der Waals surface area contributed by atoms with E-state index in [9.17, 15) is 0 Å². The number of rotatable bonds is 7. The van der Waals surface area contributed by atoms with Crippen LogP contribution in [0.25, 0.3) is 0 Å². The van der Waals surface area contributed by atoms with E-state index in [1.165, 1.54) is 5.56 Å². The van der Waals surface area contributed by atoms with Crippen molar-refractivity contribution >= 4 is 0 Å². The number of methoxy groups -OCH3 is 1. The smallest absolute Gasteiger partial charge is 0.118 e. The van der Waals surface area contributed by atoms with Gasteiger partial charge in [-0.3, -0.25) is 0 Å². The van der Waals surface area contributed by atoms with Gasteiger partial charge in [-0.25, -0.2) is 0 Å². The molecule has 0 heterocycles. The monoisotopic (exact) mass is 223 g/mol. The van der Waals surface area contributed by atoms with Gasteiger partial charge in [-0.15, -0.1) is 0 Å². The van der Waals surface area contributed by atoms with Gasteiger partial charge in [0.1, 0.15) is 5.75 Å². The minimum Gasteiger partial charge on any atom is -0.497 e. The standard InChI is InChI=1S/C13H21NO2/c1-14(9-3-11-15)10-8-12-4-6-13(16-2)7-5-12/h4-7,15H,3,8-11H2,1-2H3.